The van der Waals surface area contributed by atoms with Gasteiger partial charge in [0.1, 0.15) is 5.76 Å². The molecule has 30 heavy (non-hydrogen) atoms. The maximum atomic E-state index is 12.9. The lowest BCUT2D eigenvalue weighted by molar-refractivity contribution is -0.00584. The molecule has 0 radical (unpaired) electrons. The number of hydrogen-bond acceptors (Lipinski definition) is 8. The summed E-state index contributed by atoms with van der Waals surface area (Å²) in [5.41, 5.74) is 2.05. The monoisotopic (exact) mass is 413 g/mol. The standard InChI is InChI=1S/C21H27N5O4/c1-13-6-17(24-30-13)19(27)25-5-4-21(11-25)12-28-10-16-7-22-20(23-18(16)21)26-8-14(2)29-15(3)9-26/h6-7,14-15H,4-5,8-12H2,1-3H3/t14-,15+,21-/m0/s1. The second-order valence-corrected chi connectivity index (χ2v) is 8.78. The van der Waals surface area contributed by atoms with Crippen molar-refractivity contribution >= 4 is 11.9 Å². The summed E-state index contributed by atoms with van der Waals surface area (Å²) in [7, 11) is 0. The summed E-state index contributed by atoms with van der Waals surface area (Å²) >= 11 is 0. The Bertz CT molecular complexity index is 953. The molecule has 1 amide bonds. The van der Waals surface area contributed by atoms with Crippen LogP contribution >= 0.6 is 0 Å². The number of aromatic nitrogens is 3. The number of likely N-dealkylation sites (tertiary alicyclic amines) is 1. The van der Waals surface area contributed by atoms with E-state index in [0.717, 1.165) is 36.7 Å². The Morgan fingerprint density at radius 1 is 1.27 bits per heavy atom. The molecule has 0 aromatic carbocycles. The number of carbonyl (C=O) groups is 1. The summed E-state index contributed by atoms with van der Waals surface area (Å²) in [6.07, 6.45) is 2.96. The van der Waals surface area contributed by atoms with Gasteiger partial charge in [-0.25, -0.2) is 9.97 Å². The summed E-state index contributed by atoms with van der Waals surface area (Å²) in [6.45, 7) is 9.70. The lowest BCUT2D eigenvalue weighted by atomic mass is 9.80. The summed E-state index contributed by atoms with van der Waals surface area (Å²) < 4.78 is 16.8. The zero-order valence-corrected chi connectivity index (χ0v) is 17.6. The lowest BCUT2D eigenvalue weighted by Gasteiger charge is -2.38. The zero-order chi connectivity index (χ0) is 20.9. The number of morpholine rings is 1. The van der Waals surface area contributed by atoms with Gasteiger partial charge < -0.3 is 23.8 Å². The maximum absolute atomic E-state index is 12.9. The predicted molar refractivity (Wildman–Crippen MR) is 107 cm³/mol. The number of anilines is 1. The van der Waals surface area contributed by atoms with Crippen molar-refractivity contribution in [2.45, 2.75) is 51.4 Å². The number of ether oxygens (including phenoxy) is 2. The smallest absolute Gasteiger partial charge is 0.276 e. The highest BCUT2D eigenvalue weighted by Gasteiger charge is 2.47. The summed E-state index contributed by atoms with van der Waals surface area (Å²) in [4.78, 5) is 26.6. The molecule has 2 saturated heterocycles. The minimum atomic E-state index is -0.316. The van der Waals surface area contributed by atoms with Gasteiger partial charge in [-0.1, -0.05) is 5.16 Å². The van der Waals surface area contributed by atoms with Crippen molar-refractivity contribution in [2.24, 2.45) is 0 Å². The molecule has 9 heteroatoms. The third kappa shape index (κ3) is 3.35. The second-order valence-electron chi connectivity index (χ2n) is 8.78. The van der Waals surface area contributed by atoms with E-state index in [9.17, 15) is 4.79 Å². The highest BCUT2D eigenvalue weighted by molar-refractivity contribution is 5.92. The SMILES string of the molecule is Cc1cc(C(=O)N2CC[C@@]3(COCc4cnc(N5C[C@@H](C)O[C@@H](C)C5)nc43)C2)no1. The van der Waals surface area contributed by atoms with Crippen LogP contribution in [-0.4, -0.2) is 70.9 Å². The van der Waals surface area contributed by atoms with Crippen LogP contribution in [0.5, 0.6) is 0 Å². The minimum absolute atomic E-state index is 0.110. The van der Waals surface area contributed by atoms with Crippen LogP contribution in [0.4, 0.5) is 5.95 Å². The van der Waals surface area contributed by atoms with Crippen LogP contribution in [0.1, 0.15) is 47.8 Å². The first-order valence-corrected chi connectivity index (χ1v) is 10.5. The average Bonchev–Trinajstić information content (AvgIpc) is 3.34. The molecule has 2 aromatic rings. The van der Waals surface area contributed by atoms with Crippen LogP contribution < -0.4 is 4.90 Å². The van der Waals surface area contributed by atoms with Crippen LogP contribution in [0.2, 0.25) is 0 Å². The molecule has 3 aliphatic rings. The number of rotatable bonds is 2. The molecule has 5 heterocycles. The molecule has 0 saturated carbocycles. The van der Waals surface area contributed by atoms with Gasteiger partial charge >= 0.3 is 0 Å². The molecule has 1 spiro atoms. The maximum Gasteiger partial charge on any atom is 0.276 e. The van der Waals surface area contributed by atoms with Gasteiger partial charge in [-0.15, -0.1) is 0 Å². The van der Waals surface area contributed by atoms with Gasteiger partial charge in [-0.3, -0.25) is 4.79 Å². The molecule has 2 fully saturated rings. The highest BCUT2D eigenvalue weighted by Crippen LogP contribution is 2.40. The van der Waals surface area contributed by atoms with Crippen molar-refractivity contribution in [3.63, 3.8) is 0 Å². The molecule has 5 rings (SSSR count). The molecule has 160 valence electrons. The van der Waals surface area contributed by atoms with Gasteiger partial charge in [-0.05, 0) is 27.2 Å². The Kier molecular flexibility index (Phi) is 4.74. The van der Waals surface area contributed by atoms with Crippen LogP contribution in [0.25, 0.3) is 0 Å². The van der Waals surface area contributed by atoms with Crippen molar-refractivity contribution < 1.29 is 18.8 Å². The molecule has 9 nitrogen and oxygen atoms in total. The van der Waals surface area contributed by atoms with E-state index in [4.69, 9.17) is 19.0 Å². The van der Waals surface area contributed by atoms with Crippen molar-refractivity contribution in [1.82, 2.24) is 20.0 Å². The third-order valence-corrected chi connectivity index (χ3v) is 6.18. The van der Waals surface area contributed by atoms with Crippen LogP contribution in [0, 0.1) is 6.92 Å². The molecule has 0 bridgehead atoms. The van der Waals surface area contributed by atoms with Crippen molar-refractivity contribution in [2.75, 3.05) is 37.7 Å². The first-order valence-electron chi connectivity index (χ1n) is 10.5. The van der Waals surface area contributed by atoms with Crippen molar-refractivity contribution in [1.29, 1.82) is 0 Å². The minimum Gasteiger partial charge on any atom is -0.376 e. The van der Waals surface area contributed by atoms with E-state index in [1.54, 1.807) is 13.0 Å². The Morgan fingerprint density at radius 2 is 2.07 bits per heavy atom. The van der Waals surface area contributed by atoms with Gasteiger partial charge in [-0.2, -0.15) is 0 Å². The molecule has 0 aliphatic carbocycles. The van der Waals surface area contributed by atoms with E-state index in [1.807, 2.05) is 11.1 Å². The second kappa shape index (κ2) is 7.31. The fraction of sp³-hybridized carbons (Fsp3) is 0.619. The van der Waals surface area contributed by atoms with E-state index in [-0.39, 0.29) is 23.5 Å². The molecule has 3 aliphatic heterocycles. The zero-order valence-electron chi connectivity index (χ0n) is 17.6. The van der Waals surface area contributed by atoms with Crippen LogP contribution in [0.15, 0.2) is 16.8 Å². The van der Waals surface area contributed by atoms with Gasteiger partial charge in [0, 0.05) is 44.0 Å². The Balaban J connectivity index is 1.42. The third-order valence-electron chi connectivity index (χ3n) is 6.18. The summed E-state index contributed by atoms with van der Waals surface area (Å²) in [6, 6.07) is 1.68. The Morgan fingerprint density at radius 3 is 2.80 bits per heavy atom. The molecule has 0 N–H and O–H groups in total. The quantitative estimate of drug-likeness (QED) is 0.734. The van der Waals surface area contributed by atoms with E-state index in [0.29, 0.717) is 37.8 Å². The number of carbonyl (C=O) groups excluding carboxylic acids is 1. The molecule has 3 atom stereocenters. The van der Waals surface area contributed by atoms with Gasteiger partial charge in [0.15, 0.2) is 5.69 Å². The molecular weight excluding hydrogens is 386 g/mol. The molecule has 0 unspecified atom stereocenters. The summed E-state index contributed by atoms with van der Waals surface area (Å²) in [5.74, 6) is 1.25. The number of hydrogen-bond donors (Lipinski definition) is 0. The van der Waals surface area contributed by atoms with Crippen LogP contribution in [-0.2, 0) is 21.5 Å². The van der Waals surface area contributed by atoms with E-state index < -0.39 is 0 Å². The summed E-state index contributed by atoms with van der Waals surface area (Å²) in [5, 5.41) is 3.89. The number of amides is 1. The van der Waals surface area contributed by atoms with Crippen molar-refractivity contribution in [3.05, 3.63) is 35.0 Å². The average molecular weight is 413 g/mol. The Hall–Kier alpha value is -2.52. The van der Waals surface area contributed by atoms with Gasteiger partial charge in [0.25, 0.3) is 5.91 Å². The van der Waals surface area contributed by atoms with E-state index in [2.05, 4.69) is 28.9 Å². The predicted octanol–water partition coefficient (Wildman–Crippen LogP) is 1.70. The lowest BCUT2D eigenvalue weighted by Crippen LogP contribution is -2.47. The van der Waals surface area contributed by atoms with Gasteiger partial charge in [0.2, 0.25) is 5.95 Å². The number of nitrogens with zero attached hydrogens (tertiary/aromatic N) is 5. The van der Waals surface area contributed by atoms with E-state index >= 15 is 0 Å². The topological polar surface area (TPSA) is 93.8 Å². The fourth-order valence-electron chi connectivity index (χ4n) is 4.87. The normalized spacial score (nSPS) is 28.8. The first-order chi connectivity index (χ1) is 14.4. The van der Waals surface area contributed by atoms with E-state index in [1.165, 1.54) is 0 Å². The molecule has 2 aromatic heterocycles. The fourth-order valence-corrected chi connectivity index (χ4v) is 4.87. The number of fused-ring (bicyclic) bond motifs is 2. The van der Waals surface area contributed by atoms with Gasteiger partial charge in [0.05, 0.1) is 36.5 Å². The Labute approximate surface area is 175 Å². The first kappa shape index (κ1) is 19.4. The van der Waals surface area contributed by atoms with Crippen molar-refractivity contribution in [3.8, 4) is 0 Å². The number of aryl methyl sites for hydroxylation is 1. The van der Waals surface area contributed by atoms with Crippen LogP contribution in [0.3, 0.4) is 0 Å². The highest BCUT2D eigenvalue weighted by atomic mass is 16.5. The largest absolute Gasteiger partial charge is 0.376 e. The molecular formula is C21H27N5O4.